The van der Waals surface area contributed by atoms with Crippen LogP contribution in [0.3, 0.4) is 0 Å². The molecule has 3 fully saturated rings. The number of benzene rings is 3. The number of piperidine rings is 2. The van der Waals surface area contributed by atoms with Crippen molar-refractivity contribution in [2.24, 2.45) is 0 Å². The van der Waals surface area contributed by atoms with E-state index in [4.69, 9.17) is 9.72 Å². The van der Waals surface area contributed by atoms with Crippen LogP contribution in [-0.4, -0.2) is 111 Å². The summed E-state index contributed by atoms with van der Waals surface area (Å²) in [6.07, 6.45) is 6.47. The monoisotopic (exact) mass is 803 g/mol. The minimum absolute atomic E-state index is 0.00936. The lowest BCUT2D eigenvalue weighted by Gasteiger charge is -2.32. The highest BCUT2D eigenvalue weighted by Crippen LogP contribution is 2.33. The summed E-state index contributed by atoms with van der Waals surface area (Å²) in [5, 5.41) is 13.0. The highest BCUT2D eigenvalue weighted by Gasteiger charge is 2.44. The van der Waals surface area contributed by atoms with Crippen LogP contribution in [0.4, 0.5) is 14.5 Å². The molecule has 15 nitrogen and oxygen atoms in total. The molecule has 0 radical (unpaired) electrons. The Morgan fingerprint density at radius 3 is 2.47 bits per heavy atom. The van der Waals surface area contributed by atoms with Crippen molar-refractivity contribution in [2.75, 3.05) is 44.6 Å². The molecule has 2 atom stereocenters. The number of para-hydroxylation sites is 1. The molecule has 0 bridgehead atoms. The van der Waals surface area contributed by atoms with Gasteiger partial charge >= 0.3 is 0 Å². The van der Waals surface area contributed by atoms with E-state index in [1.54, 1.807) is 41.6 Å². The van der Waals surface area contributed by atoms with Crippen LogP contribution in [0, 0.1) is 11.6 Å². The van der Waals surface area contributed by atoms with Gasteiger partial charge in [-0.3, -0.25) is 43.9 Å². The predicted molar refractivity (Wildman–Crippen MR) is 209 cm³/mol. The molecule has 0 aliphatic carbocycles. The fourth-order valence-electron chi connectivity index (χ4n) is 8.26. The Labute approximate surface area is 336 Å². The van der Waals surface area contributed by atoms with Gasteiger partial charge in [0.1, 0.15) is 17.7 Å². The maximum absolute atomic E-state index is 15.4. The summed E-state index contributed by atoms with van der Waals surface area (Å²) < 4.78 is 38.3. The van der Waals surface area contributed by atoms with Gasteiger partial charge in [0, 0.05) is 67.6 Å². The molecule has 302 valence electrons. The number of nitrogens with one attached hydrogen (secondary N) is 3. The van der Waals surface area contributed by atoms with Gasteiger partial charge in [-0.1, -0.05) is 12.1 Å². The lowest BCUT2D eigenvalue weighted by molar-refractivity contribution is -0.136. The third-order valence-electron chi connectivity index (χ3n) is 11.4. The smallest absolute Gasteiger partial charge is 0.262 e. The Morgan fingerprint density at radius 1 is 0.915 bits per heavy atom. The fourth-order valence-corrected chi connectivity index (χ4v) is 8.26. The molecule has 5 aromatic rings. The summed E-state index contributed by atoms with van der Waals surface area (Å²) in [5.74, 6) is -3.76. The number of ether oxygens (including phenoxy) is 1. The lowest BCUT2D eigenvalue weighted by Crippen LogP contribution is -2.54. The molecular formula is C42H39F2N9O6. The van der Waals surface area contributed by atoms with Crippen molar-refractivity contribution in [3.63, 3.8) is 0 Å². The Balaban J connectivity index is 0.823. The van der Waals surface area contributed by atoms with Gasteiger partial charge in [-0.25, -0.2) is 13.8 Å². The number of fused-ring (bicyclic) bond motifs is 2. The Bertz CT molecular complexity index is 2510. The van der Waals surface area contributed by atoms with Crippen LogP contribution < -0.4 is 16.0 Å². The molecule has 2 unspecified atom stereocenters. The zero-order valence-corrected chi connectivity index (χ0v) is 31.7. The first-order valence-electron chi connectivity index (χ1n) is 19.6. The first-order valence-corrected chi connectivity index (χ1v) is 19.6. The average molecular weight is 804 g/mol. The number of halogens is 2. The Kier molecular flexibility index (Phi) is 10.1. The zero-order chi connectivity index (χ0) is 40.8. The number of carbonyl (C=O) groups is 5. The van der Waals surface area contributed by atoms with Crippen LogP contribution >= 0.6 is 0 Å². The molecule has 5 amide bonds. The number of hydrogen-bond acceptors (Lipinski definition) is 11. The van der Waals surface area contributed by atoms with Crippen LogP contribution in [0.2, 0.25) is 0 Å². The van der Waals surface area contributed by atoms with Crippen molar-refractivity contribution in [3.8, 4) is 22.4 Å². The van der Waals surface area contributed by atoms with Crippen molar-refractivity contribution in [1.82, 2.24) is 40.2 Å². The highest BCUT2D eigenvalue weighted by atomic mass is 19.1. The van der Waals surface area contributed by atoms with Gasteiger partial charge < -0.3 is 20.3 Å². The summed E-state index contributed by atoms with van der Waals surface area (Å²) >= 11 is 0. The number of carbonyl (C=O) groups excluding carboxylic acids is 5. The predicted octanol–water partition coefficient (Wildman–Crippen LogP) is 3.65. The number of hydrogen-bond donors (Lipinski definition) is 3. The minimum Gasteiger partial charge on any atom is -0.376 e. The first-order chi connectivity index (χ1) is 28.6. The molecule has 3 saturated heterocycles. The van der Waals surface area contributed by atoms with E-state index in [-0.39, 0.29) is 60.6 Å². The van der Waals surface area contributed by atoms with E-state index in [9.17, 15) is 24.0 Å². The third-order valence-corrected chi connectivity index (χ3v) is 11.4. The lowest BCUT2D eigenvalue weighted by atomic mass is 9.98. The van der Waals surface area contributed by atoms with Gasteiger partial charge in [0.05, 0.1) is 65.5 Å². The number of nitrogens with zero attached hydrogens (tertiary/aromatic N) is 6. The van der Waals surface area contributed by atoms with Gasteiger partial charge in [0.15, 0.2) is 0 Å². The van der Waals surface area contributed by atoms with Crippen molar-refractivity contribution in [2.45, 2.75) is 50.3 Å². The summed E-state index contributed by atoms with van der Waals surface area (Å²) in [7, 11) is 0. The first kappa shape index (κ1) is 38.1. The molecule has 3 aromatic carbocycles. The van der Waals surface area contributed by atoms with Crippen LogP contribution in [-0.2, 0) is 25.5 Å². The standard InChI is InChI=1S/C42H39F2N9O6/c43-32-14-23(15-33(44)31(32)17-27-19-45-10-13-59-27)28-2-1-3-34-39(28)49-35(20-47-34)24-18-48-52(22-24)26-8-11-51(12-9-26)38(55)21-46-25-4-5-29-30(16-25)42(58)53(41(29)57)36-6-7-37(54)50-40(36)56/h1-5,14-16,18,20,22,26-27,36,45-46H,6-13,17,19,21H2,(H,50,54,56). The van der Waals surface area contributed by atoms with Crippen molar-refractivity contribution >= 4 is 46.3 Å². The highest BCUT2D eigenvalue weighted by molar-refractivity contribution is 6.23. The molecule has 59 heavy (non-hydrogen) atoms. The topological polar surface area (TPSA) is 181 Å². The maximum Gasteiger partial charge on any atom is 0.262 e. The summed E-state index contributed by atoms with van der Waals surface area (Å²) in [6.45, 7) is 2.69. The maximum atomic E-state index is 15.4. The number of aromatic nitrogens is 4. The van der Waals surface area contributed by atoms with Gasteiger partial charge in [-0.2, -0.15) is 5.10 Å². The molecule has 2 aromatic heterocycles. The van der Waals surface area contributed by atoms with Gasteiger partial charge in [-0.05, 0) is 61.2 Å². The Morgan fingerprint density at radius 2 is 1.71 bits per heavy atom. The molecule has 3 N–H and O–H groups in total. The number of imide groups is 2. The largest absolute Gasteiger partial charge is 0.376 e. The third kappa shape index (κ3) is 7.42. The van der Waals surface area contributed by atoms with Gasteiger partial charge in [-0.15, -0.1) is 0 Å². The molecule has 0 spiro atoms. The van der Waals surface area contributed by atoms with E-state index >= 15 is 8.78 Å². The second-order valence-electron chi connectivity index (χ2n) is 15.1. The molecule has 4 aliphatic rings. The average Bonchev–Trinajstić information content (AvgIpc) is 3.84. The second-order valence-corrected chi connectivity index (χ2v) is 15.1. The summed E-state index contributed by atoms with van der Waals surface area (Å²) in [6, 6.07) is 11.6. The van der Waals surface area contributed by atoms with E-state index in [2.05, 4.69) is 26.0 Å². The normalized spacial score (nSPS) is 20.0. The minimum atomic E-state index is -1.06. The number of likely N-dealkylation sites (tertiary alicyclic amines) is 1. The molecular weight excluding hydrogens is 765 g/mol. The summed E-state index contributed by atoms with van der Waals surface area (Å²) in [4.78, 5) is 75.5. The van der Waals surface area contributed by atoms with Crippen molar-refractivity contribution in [1.29, 1.82) is 0 Å². The zero-order valence-electron chi connectivity index (χ0n) is 31.7. The van der Waals surface area contributed by atoms with E-state index < -0.39 is 41.3 Å². The second kappa shape index (κ2) is 15.7. The molecule has 17 heteroatoms. The summed E-state index contributed by atoms with van der Waals surface area (Å²) in [5.41, 5.74) is 4.00. The number of rotatable bonds is 9. The van der Waals surface area contributed by atoms with E-state index in [0.717, 1.165) is 10.5 Å². The fraction of sp³-hybridized carbons (Fsp3) is 0.333. The van der Waals surface area contributed by atoms with Gasteiger partial charge in [0.25, 0.3) is 11.8 Å². The van der Waals surface area contributed by atoms with Crippen LogP contribution in [0.25, 0.3) is 33.4 Å². The van der Waals surface area contributed by atoms with Crippen LogP contribution in [0.1, 0.15) is 58.0 Å². The molecule has 4 aliphatic heterocycles. The van der Waals surface area contributed by atoms with E-state index in [1.807, 2.05) is 10.9 Å². The number of morpholine rings is 1. The van der Waals surface area contributed by atoms with E-state index in [0.29, 0.717) is 79.2 Å². The SMILES string of the molecule is O=C1CCC(N2C(=O)c3ccc(NCC(=O)N4CCC(n5cc(-c6cnc7cccc(-c8cc(F)c(CC9CNCCO9)c(F)c8)c7n6)cn5)CC4)cc3C2=O)C(=O)N1. The number of anilines is 1. The Hall–Kier alpha value is -6.46. The van der Waals surface area contributed by atoms with Gasteiger partial charge in [0.2, 0.25) is 17.7 Å². The van der Waals surface area contributed by atoms with E-state index in [1.165, 1.54) is 24.3 Å². The van der Waals surface area contributed by atoms with Crippen LogP contribution in [0.15, 0.2) is 67.1 Å². The quantitative estimate of drug-likeness (QED) is 0.185. The number of amides is 5. The van der Waals surface area contributed by atoms with Crippen molar-refractivity contribution in [3.05, 3.63) is 95.4 Å². The molecule has 6 heterocycles. The van der Waals surface area contributed by atoms with Crippen molar-refractivity contribution < 1.29 is 37.5 Å². The van der Waals surface area contributed by atoms with Crippen LogP contribution in [0.5, 0.6) is 0 Å². The molecule has 9 rings (SSSR count). The molecule has 0 saturated carbocycles.